The molecule has 0 aliphatic rings. The second-order valence-corrected chi connectivity index (χ2v) is 3.75. The molecule has 2 N–H and O–H groups in total. The maximum absolute atomic E-state index is 10.9. The van der Waals surface area contributed by atoms with Gasteiger partial charge in [-0.3, -0.25) is 0 Å². The minimum absolute atomic E-state index is 0.193. The Morgan fingerprint density at radius 3 is 2.47 bits per heavy atom. The Balaban J connectivity index is 3.62. The molecule has 0 aliphatic carbocycles. The van der Waals surface area contributed by atoms with E-state index in [1.165, 1.54) is 0 Å². The second-order valence-electron chi connectivity index (χ2n) is 3.75. The quantitative estimate of drug-likeness (QED) is 0.292. The van der Waals surface area contributed by atoms with Crippen molar-refractivity contribution in [1.29, 1.82) is 0 Å². The van der Waals surface area contributed by atoms with E-state index in [1.54, 1.807) is 6.92 Å². The summed E-state index contributed by atoms with van der Waals surface area (Å²) in [6.07, 6.45) is 1.69. The standard InChI is InChI=1S/C11H20O4/c1-4-6-11(13,14)7-5-8-15-10(12)9(2)3/h13-14H,2,4-8H2,1,3H3. The van der Waals surface area contributed by atoms with E-state index in [1.807, 2.05) is 6.92 Å². The maximum Gasteiger partial charge on any atom is 0.333 e. The average Bonchev–Trinajstić information content (AvgIpc) is 2.11. The Morgan fingerprint density at radius 1 is 1.40 bits per heavy atom. The van der Waals surface area contributed by atoms with Crippen molar-refractivity contribution >= 4 is 5.97 Å². The molecule has 4 heteroatoms. The van der Waals surface area contributed by atoms with Crippen molar-refractivity contribution in [3.63, 3.8) is 0 Å². The third kappa shape index (κ3) is 7.11. The SMILES string of the molecule is C=C(C)C(=O)OCCCC(O)(O)CCC. The summed E-state index contributed by atoms with van der Waals surface area (Å²) in [4.78, 5) is 10.9. The van der Waals surface area contributed by atoms with Gasteiger partial charge < -0.3 is 14.9 Å². The Kier molecular flexibility index (Phi) is 6.20. The number of esters is 1. The molecular formula is C11H20O4. The summed E-state index contributed by atoms with van der Waals surface area (Å²) in [5, 5.41) is 18.8. The van der Waals surface area contributed by atoms with Crippen LogP contribution in [-0.2, 0) is 9.53 Å². The lowest BCUT2D eigenvalue weighted by Gasteiger charge is -2.20. The number of hydrogen-bond donors (Lipinski definition) is 2. The summed E-state index contributed by atoms with van der Waals surface area (Å²) in [5.74, 6) is -2.07. The molecule has 0 saturated carbocycles. The molecule has 0 aromatic carbocycles. The molecular weight excluding hydrogens is 196 g/mol. The first-order chi connectivity index (χ1) is 6.89. The molecule has 15 heavy (non-hydrogen) atoms. The molecule has 88 valence electrons. The Bertz CT molecular complexity index is 221. The summed E-state index contributed by atoms with van der Waals surface area (Å²) in [5.41, 5.74) is 0.350. The van der Waals surface area contributed by atoms with Gasteiger partial charge in [-0.25, -0.2) is 4.79 Å². The van der Waals surface area contributed by atoms with Crippen LogP contribution in [0.4, 0.5) is 0 Å². The van der Waals surface area contributed by atoms with Crippen LogP contribution in [0.15, 0.2) is 12.2 Å². The van der Waals surface area contributed by atoms with Gasteiger partial charge in [0.1, 0.15) is 0 Å². The van der Waals surface area contributed by atoms with Crippen molar-refractivity contribution in [2.75, 3.05) is 6.61 Å². The third-order valence-corrected chi connectivity index (χ3v) is 1.95. The van der Waals surface area contributed by atoms with Crippen molar-refractivity contribution in [3.05, 3.63) is 12.2 Å². The first kappa shape index (κ1) is 14.1. The second kappa shape index (κ2) is 6.58. The summed E-state index contributed by atoms with van der Waals surface area (Å²) in [7, 11) is 0. The Morgan fingerprint density at radius 2 is 2.00 bits per heavy atom. The van der Waals surface area contributed by atoms with Gasteiger partial charge in [0.2, 0.25) is 0 Å². The molecule has 0 bridgehead atoms. The zero-order chi connectivity index (χ0) is 11.9. The van der Waals surface area contributed by atoms with Crippen LogP contribution in [0.5, 0.6) is 0 Å². The molecule has 0 aliphatic heterocycles. The molecule has 4 nitrogen and oxygen atoms in total. The van der Waals surface area contributed by atoms with Gasteiger partial charge in [0.05, 0.1) is 6.61 Å². The van der Waals surface area contributed by atoms with Gasteiger partial charge in [0.25, 0.3) is 0 Å². The number of rotatable bonds is 7. The van der Waals surface area contributed by atoms with Gasteiger partial charge in [-0.05, 0) is 13.3 Å². The van der Waals surface area contributed by atoms with Crippen molar-refractivity contribution in [3.8, 4) is 0 Å². The summed E-state index contributed by atoms with van der Waals surface area (Å²) >= 11 is 0. The lowest BCUT2D eigenvalue weighted by molar-refractivity contribution is -0.173. The van der Waals surface area contributed by atoms with E-state index in [0.29, 0.717) is 24.8 Å². The van der Waals surface area contributed by atoms with Crippen LogP contribution in [0, 0.1) is 0 Å². The van der Waals surface area contributed by atoms with Crippen LogP contribution in [0.25, 0.3) is 0 Å². The van der Waals surface area contributed by atoms with E-state index in [4.69, 9.17) is 4.74 Å². The fourth-order valence-corrected chi connectivity index (χ4v) is 1.17. The topological polar surface area (TPSA) is 66.8 Å². The van der Waals surface area contributed by atoms with E-state index < -0.39 is 11.8 Å². The fraction of sp³-hybridized carbons (Fsp3) is 0.727. The first-order valence-corrected chi connectivity index (χ1v) is 5.16. The zero-order valence-corrected chi connectivity index (χ0v) is 9.45. The highest BCUT2D eigenvalue weighted by atomic mass is 16.5. The third-order valence-electron chi connectivity index (χ3n) is 1.95. The predicted octanol–water partition coefficient (Wildman–Crippen LogP) is 1.37. The molecule has 0 rings (SSSR count). The Hall–Kier alpha value is -0.870. The number of carbonyl (C=O) groups is 1. The summed E-state index contributed by atoms with van der Waals surface area (Å²) in [6.45, 7) is 7.08. The lowest BCUT2D eigenvalue weighted by Crippen LogP contribution is -2.28. The minimum Gasteiger partial charge on any atom is -0.462 e. The normalized spacial score (nSPS) is 11.2. The summed E-state index contributed by atoms with van der Waals surface area (Å²) in [6, 6.07) is 0. The number of ether oxygens (including phenoxy) is 1. The highest BCUT2D eigenvalue weighted by Gasteiger charge is 2.20. The molecule has 0 heterocycles. The van der Waals surface area contributed by atoms with Crippen LogP contribution in [0.3, 0.4) is 0 Å². The van der Waals surface area contributed by atoms with Crippen LogP contribution in [0.2, 0.25) is 0 Å². The molecule has 0 fully saturated rings. The fourth-order valence-electron chi connectivity index (χ4n) is 1.17. The molecule has 0 radical (unpaired) electrons. The van der Waals surface area contributed by atoms with E-state index in [-0.39, 0.29) is 13.0 Å². The van der Waals surface area contributed by atoms with E-state index in [0.717, 1.165) is 0 Å². The molecule has 0 aromatic heterocycles. The van der Waals surface area contributed by atoms with Crippen molar-refractivity contribution in [1.82, 2.24) is 0 Å². The van der Waals surface area contributed by atoms with Crippen molar-refractivity contribution in [2.24, 2.45) is 0 Å². The lowest BCUT2D eigenvalue weighted by atomic mass is 10.1. The first-order valence-electron chi connectivity index (χ1n) is 5.16. The number of carbonyl (C=O) groups excluding carboxylic acids is 1. The average molecular weight is 216 g/mol. The van der Waals surface area contributed by atoms with Crippen LogP contribution >= 0.6 is 0 Å². The monoisotopic (exact) mass is 216 g/mol. The van der Waals surface area contributed by atoms with Gasteiger partial charge >= 0.3 is 5.97 Å². The molecule has 0 spiro atoms. The van der Waals surface area contributed by atoms with E-state index in [2.05, 4.69) is 6.58 Å². The van der Waals surface area contributed by atoms with Crippen molar-refractivity contribution < 1.29 is 19.7 Å². The van der Waals surface area contributed by atoms with Gasteiger partial charge in [-0.15, -0.1) is 0 Å². The van der Waals surface area contributed by atoms with Crippen LogP contribution < -0.4 is 0 Å². The largest absolute Gasteiger partial charge is 0.462 e. The van der Waals surface area contributed by atoms with E-state index >= 15 is 0 Å². The molecule has 0 saturated heterocycles. The highest BCUT2D eigenvalue weighted by Crippen LogP contribution is 2.15. The molecule has 0 amide bonds. The van der Waals surface area contributed by atoms with Crippen LogP contribution in [0.1, 0.15) is 39.5 Å². The maximum atomic E-state index is 10.9. The van der Waals surface area contributed by atoms with Gasteiger partial charge in [-0.2, -0.15) is 0 Å². The predicted molar refractivity (Wildman–Crippen MR) is 57.1 cm³/mol. The number of hydrogen-bond acceptors (Lipinski definition) is 4. The molecule has 0 atom stereocenters. The number of aliphatic hydroxyl groups is 2. The minimum atomic E-state index is -1.63. The molecule has 0 aromatic rings. The van der Waals surface area contributed by atoms with Gasteiger partial charge in [0.15, 0.2) is 5.79 Å². The zero-order valence-electron chi connectivity index (χ0n) is 9.45. The summed E-state index contributed by atoms with van der Waals surface area (Å²) < 4.78 is 4.82. The smallest absolute Gasteiger partial charge is 0.333 e. The highest BCUT2D eigenvalue weighted by molar-refractivity contribution is 5.86. The Labute approximate surface area is 90.6 Å². The molecule has 0 unspecified atom stereocenters. The van der Waals surface area contributed by atoms with Crippen molar-refractivity contribution in [2.45, 2.75) is 45.3 Å². The van der Waals surface area contributed by atoms with Crippen LogP contribution in [-0.4, -0.2) is 28.6 Å². The van der Waals surface area contributed by atoms with Gasteiger partial charge in [0, 0.05) is 18.4 Å². The van der Waals surface area contributed by atoms with Gasteiger partial charge in [-0.1, -0.05) is 19.9 Å². The van der Waals surface area contributed by atoms with E-state index in [9.17, 15) is 15.0 Å².